The average molecular weight is 361 g/mol. The van der Waals surface area contributed by atoms with Crippen LogP contribution in [0.5, 0.6) is 5.75 Å². The molecule has 0 spiro atoms. The lowest BCUT2D eigenvalue weighted by Crippen LogP contribution is -2.38. The molecule has 5 nitrogen and oxygen atoms in total. The first kappa shape index (κ1) is 18.8. The monoisotopic (exact) mass is 360 g/mol. The Morgan fingerprint density at radius 2 is 1.80 bits per heavy atom. The summed E-state index contributed by atoms with van der Waals surface area (Å²) in [6.07, 6.45) is 0.229. The van der Waals surface area contributed by atoms with Crippen molar-refractivity contribution in [1.29, 1.82) is 0 Å². The number of nitrogens with zero attached hydrogens (tertiary/aromatic N) is 1. The summed E-state index contributed by atoms with van der Waals surface area (Å²) in [6, 6.07) is 14.3. The minimum Gasteiger partial charge on any atom is -0.495 e. The van der Waals surface area contributed by atoms with Gasteiger partial charge in [-0.15, -0.1) is 0 Å². The van der Waals surface area contributed by atoms with Crippen molar-refractivity contribution >= 4 is 29.1 Å². The molecule has 0 unspecified atom stereocenters. The van der Waals surface area contributed by atoms with Crippen molar-refractivity contribution in [2.75, 3.05) is 25.5 Å². The Kier molecular flexibility index (Phi) is 6.83. The fraction of sp³-hybridized carbons (Fsp3) is 0.263. The largest absolute Gasteiger partial charge is 0.495 e. The summed E-state index contributed by atoms with van der Waals surface area (Å²) in [7, 11) is 1.54. The molecule has 0 bridgehead atoms. The maximum Gasteiger partial charge on any atom is 0.244 e. The maximum absolute atomic E-state index is 12.4. The number of rotatable bonds is 7. The standard InChI is InChI=1S/C19H21ClN2O3/c1-3-22(19(24)12-14-8-10-15(20)11-9-14)13-18(23)21-16-6-4-5-7-17(16)25-2/h4-11H,3,12-13H2,1-2H3,(H,21,23). The van der Waals surface area contributed by atoms with Gasteiger partial charge in [-0.1, -0.05) is 35.9 Å². The van der Waals surface area contributed by atoms with Gasteiger partial charge in [0.25, 0.3) is 0 Å². The first-order chi connectivity index (χ1) is 12.0. The van der Waals surface area contributed by atoms with Crippen LogP contribution in [0.3, 0.4) is 0 Å². The minimum atomic E-state index is -0.268. The lowest BCUT2D eigenvalue weighted by atomic mass is 10.1. The number of nitrogens with one attached hydrogen (secondary N) is 1. The molecule has 0 fully saturated rings. The summed E-state index contributed by atoms with van der Waals surface area (Å²) in [6.45, 7) is 2.28. The highest BCUT2D eigenvalue weighted by molar-refractivity contribution is 6.30. The summed E-state index contributed by atoms with van der Waals surface area (Å²) < 4.78 is 5.21. The van der Waals surface area contributed by atoms with Crippen molar-refractivity contribution in [1.82, 2.24) is 4.90 Å². The molecule has 0 saturated heterocycles. The van der Waals surface area contributed by atoms with Crippen LogP contribution in [0.15, 0.2) is 48.5 Å². The summed E-state index contributed by atoms with van der Waals surface area (Å²) in [5.41, 5.74) is 1.44. The van der Waals surface area contributed by atoms with Gasteiger partial charge in [-0.05, 0) is 36.8 Å². The van der Waals surface area contributed by atoms with E-state index in [1.165, 1.54) is 4.90 Å². The molecule has 0 saturated carbocycles. The summed E-state index contributed by atoms with van der Waals surface area (Å²) in [5.74, 6) is 0.196. The third kappa shape index (κ3) is 5.50. The number of methoxy groups -OCH3 is 1. The zero-order chi connectivity index (χ0) is 18.2. The number of carbonyl (C=O) groups is 2. The van der Waals surface area contributed by atoms with Gasteiger partial charge in [-0.25, -0.2) is 0 Å². The Labute approximate surface area is 152 Å². The van der Waals surface area contributed by atoms with Crippen LogP contribution in [0.25, 0.3) is 0 Å². The number of likely N-dealkylation sites (N-methyl/N-ethyl adjacent to an activating group) is 1. The molecular formula is C19H21ClN2O3. The van der Waals surface area contributed by atoms with Gasteiger partial charge in [0.05, 0.1) is 25.8 Å². The van der Waals surface area contributed by atoms with Gasteiger partial charge in [0.15, 0.2) is 0 Å². The highest BCUT2D eigenvalue weighted by Crippen LogP contribution is 2.22. The van der Waals surface area contributed by atoms with Crippen molar-refractivity contribution < 1.29 is 14.3 Å². The number of para-hydroxylation sites is 2. The normalized spacial score (nSPS) is 10.2. The smallest absolute Gasteiger partial charge is 0.244 e. The van der Waals surface area contributed by atoms with Gasteiger partial charge in [0.1, 0.15) is 5.75 Å². The van der Waals surface area contributed by atoms with Gasteiger partial charge in [-0.3, -0.25) is 9.59 Å². The first-order valence-corrected chi connectivity index (χ1v) is 8.36. The van der Waals surface area contributed by atoms with Crippen LogP contribution in [0, 0.1) is 0 Å². The molecule has 2 aromatic carbocycles. The van der Waals surface area contributed by atoms with Crippen LogP contribution >= 0.6 is 11.6 Å². The fourth-order valence-electron chi connectivity index (χ4n) is 2.38. The second-order valence-corrected chi connectivity index (χ2v) is 5.90. The van der Waals surface area contributed by atoms with E-state index in [1.54, 1.807) is 37.4 Å². The molecule has 25 heavy (non-hydrogen) atoms. The highest BCUT2D eigenvalue weighted by Gasteiger charge is 2.17. The van der Waals surface area contributed by atoms with E-state index in [1.807, 2.05) is 25.1 Å². The van der Waals surface area contributed by atoms with Crippen molar-refractivity contribution in [3.63, 3.8) is 0 Å². The lowest BCUT2D eigenvalue weighted by molar-refractivity contribution is -0.133. The molecule has 2 amide bonds. The molecule has 0 aliphatic heterocycles. The fourth-order valence-corrected chi connectivity index (χ4v) is 2.50. The third-order valence-corrected chi connectivity index (χ3v) is 3.97. The predicted octanol–water partition coefficient (Wildman–Crippen LogP) is 3.38. The Bertz CT molecular complexity index is 732. The van der Waals surface area contributed by atoms with Gasteiger partial charge >= 0.3 is 0 Å². The summed E-state index contributed by atoms with van der Waals surface area (Å²) >= 11 is 5.85. The molecule has 2 rings (SSSR count). The van der Waals surface area contributed by atoms with Gasteiger partial charge < -0.3 is 15.0 Å². The molecule has 0 aromatic heterocycles. The van der Waals surface area contributed by atoms with E-state index in [-0.39, 0.29) is 24.8 Å². The van der Waals surface area contributed by atoms with E-state index in [9.17, 15) is 9.59 Å². The van der Waals surface area contributed by atoms with Crippen molar-refractivity contribution in [2.24, 2.45) is 0 Å². The van der Waals surface area contributed by atoms with Crippen LogP contribution in [0.2, 0.25) is 5.02 Å². The quantitative estimate of drug-likeness (QED) is 0.823. The summed E-state index contributed by atoms with van der Waals surface area (Å²) in [4.78, 5) is 26.2. The van der Waals surface area contributed by atoms with Crippen molar-refractivity contribution in [3.8, 4) is 5.75 Å². The number of benzene rings is 2. The number of amides is 2. The first-order valence-electron chi connectivity index (χ1n) is 7.98. The van der Waals surface area contributed by atoms with Crippen LogP contribution in [0.1, 0.15) is 12.5 Å². The number of ether oxygens (including phenoxy) is 1. The minimum absolute atomic E-state index is 0.0129. The third-order valence-electron chi connectivity index (χ3n) is 3.72. The number of hydrogen-bond acceptors (Lipinski definition) is 3. The number of hydrogen-bond donors (Lipinski definition) is 1. The van der Waals surface area contributed by atoms with Crippen molar-refractivity contribution in [2.45, 2.75) is 13.3 Å². The van der Waals surface area contributed by atoms with Crippen molar-refractivity contribution in [3.05, 3.63) is 59.1 Å². The van der Waals surface area contributed by atoms with Gasteiger partial charge in [-0.2, -0.15) is 0 Å². The topological polar surface area (TPSA) is 58.6 Å². The predicted molar refractivity (Wildman–Crippen MR) is 99.0 cm³/mol. The SMILES string of the molecule is CCN(CC(=O)Nc1ccccc1OC)C(=O)Cc1ccc(Cl)cc1. The van der Waals surface area contributed by atoms with E-state index in [0.29, 0.717) is 23.0 Å². The second-order valence-electron chi connectivity index (χ2n) is 5.46. The molecule has 0 radical (unpaired) electrons. The van der Waals surface area contributed by atoms with Crippen LogP contribution in [-0.2, 0) is 16.0 Å². The highest BCUT2D eigenvalue weighted by atomic mass is 35.5. The maximum atomic E-state index is 12.4. The zero-order valence-electron chi connectivity index (χ0n) is 14.3. The Balaban J connectivity index is 1.96. The number of halogens is 1. The molecule has 0 aliphatic rings. The van der Waals surface area contributed by atoms with E-state index in [2.05, 4.69) is 5.32 Å². The van der Waals surface area contributed by atoms with Gasteiger partial charge in [0, 0.05) is 11.6 Å². The van der Waals surface area contributed by atoms with E-state index in [0.717, 1.165) is 5.56 Å². The summed E-state index contributed by atoms with van der Waals surface area (Å²) in [5, 5.41) is 3.40. The Hall–Kier alpha value is -2.53. The van der Waals surface area contributed by atoms with Crippen LogP contribution < -0.4 is 10.1 Å². The van der Waals surface area contributed by atoms with E-state index < -0.39 is 0 Å². The molecule has 0 atom stereocenters. The Morgan fingerprint density at radius 3 is 2.44 bits per heavy atom. The molecule has 0 heterocycles. The van der Waals surface area contributed by atoms with Crippen LogP contribution in [-0.4, -0.2) is 36.9 Å². The number of carbonyl (C=O) groups excluding carboxylic acids is 2. The second kappa shape index (κ2) is 9.08. The molecular weight excluding hydrogens is 340 g/mol. The van der Waals surface area contributed by atoms with Gasteiger partial charge in [0.2, 0.25) is 11.8 Å². The van der Waals surface area contributed by atoms with Crippen LogP contribution in [0.4, 0.5) is 5.69 Å². The molecule has 6 heteroatoms. The molecule has 0 aliphatic carbocycles. The zero-order valence-corrected chi connectivity index (χ0v) is 15.0. The molecule has 1 N–H and O–H groups in total. The molecule has 132 valence electrons. The lowest BCUT2D eigenvalue weighted by Gasteiger charge is -2.21. The Morgan fingerprint density at radius 1 is 1.12 bits per heavy atom. The van der Waals surface area contributed by atoms with E-state index in [4.69, 9.17) is 16.3 Å². The average Bonchev–Trinajstić information content (AvgIpc) is 2.62. The number of anilines is 1. The molecule has 2 aromatic rings. The van der Waals surface area contributed by atoms with E-state index >= 15 is 0 Å².